The molecule has 2 heterocycles. The van der Waals surface area contributed by atoms with Gasteiger partial charge in [0.05, 0.1) is 4.90 Å². The van der Waals surface area contributed by atoms with Gasteiger partial charge in [-0.2, -0.15) is 16.1 Å². The minimum atomic E-state index is -3.90. The van der Waals surface area contributed by atoms with Gasteiger partial charge in [0.25, 0.3) is 5.91 Å². The monoisotopic (exact) mass is 407 g/mol. The van der Waals surface area contributed by atoms with Crippen molar-refractivity contribution < 1.29 is 18.4 Å². The highest BCUT2D eigenvalue weighted by Crippen LogP contribution is 2.38. The fourth-order valence-electron chi connectivity index (χ4n) is 3.21. The Morgan fingerprint density at radius 3 is 2.56 bits per heavy atom. The zero-order valence-electron chi connectivity index (χ0n) is 15.0. The van der Waals surface area contributed by atoms with E-state index in [1.807, 2.05) is 12.1 Å². The molecular weight excluding hydrogens is 386 g/mol. The smallest absolute Gasteiger partial charge is 0.263 e. The second kappa shape index (κ2) is 7.59. The lowest BCUT2D eigenvalue weighted by Gasteiger charge is -2.43. The first kappa shape index (κ1) is 19.8. The van der Waals surface area contributed by atoms with Crippen molar-refractivity contribution in [3.8, 4) is 11.1 Å². The quantitative estimate of drug-likeness (QED) is 0.595. The van der Waals surface area contributed by atoms with Gasteiger partial charge in [-0.15, -0.1) is 0 Å². The maximum atomic E-state index is 13.2. The van der Waals surface area contributed by atoms with Crippen LogP contribution in [-0.4, -0.2) is 51.9 Å². The van der Waals surface area contributed by atoms with E-state index in [0.29, 0.717) is 5.75 Å². The average molecular weight is 408 g/mol. The molecule has 7 nitrogen and oxygen atoms in total. The van der Waals surface area contributed by atoms with Crippen molar-refractivity contribution in [1.82, 2.24) is 14.8 Å². The largest absolute Gasteiger partial charge is 0.289 e. The third-order valence-electron chi connectivity index (χ3n) is 4.55. The number of thioether (sulfide) groups is 1. The van der Waals surface area contributed by atoms with E-state index in [1.165, 1.54) is 28.2 Å². The lowest BCUT2D eigenvalue weighted by molar-refractivity contribution is -0.134. The third-order valence-corrected chi connectivity index (χ3v) is 7.78. The SMILES string of the molecule is CC1(C)SCCN(S(=O)(=O)c2ccc(-c3cccnc3)cc2)[C@H]1C(=O)NO. The molecular formula is C18H21N3O4S2. The summed E-state index contributed by atoms with van der Waals surface area (Å²) in [6.07, 6.45) is 3.38. The van der Waals surface area contributed by atoms with E-state index >= 15 is 0 Å². The molecule has 1 aliphatic rings. The lowest BCUT2D eigenvalue weighted by Crippen LogP contribution is -2.61. The van der Waals surface area contributed by atoms with Crippen LogP contribution < -0.4 is 5.48 Å². The van der Waals surface area contributed by atoms with Gasteiger partial charge >= 0.3 is 0 Å². The number of nitrogens with one attached hydrogen (secondary N) is 1. The molecule has 2 N–H and O–H groups in total. The predicted octanol–water partition coefficient (Wildman–Crippen LogP) is 2.14. The highest BCUT2D eigenvalue weighted by Gasteiger charge is 2.48. The Hall–Kier alpha value is -1.94. The molecule has 1 amide bonds. The Balaban J connectivity index is 1.96. The molecule has 3 rings (SSSR count). The summed E-state index contributed by atoms with van der Waals surface area (Å²) in [6.45, 7) is 3.79. The number of carbonyl (C=O) groups is 1. The number of rotatable bonds is 4. The molecule has 2 aromatic rings. The fraction of sp³-hybridized carbons (Fsp3) is 0.333. The number of aromatic nitrogens is 1. The summed E-state index contributed by atoms with van der Waals surface area (Å²) in [5.74, 6) is -0.169. The zero-order valence-corrected chi connectivity index (χ0v) is 16.6. The van der Waals surface area contributed by atoms with Crippen LogP contribution in [-0.2, 0) is 14.8 Å². The molecule has 0 aliphatic carbocycles. The summed E-state index contributed by atoms with van der Waals surface area (Å²) in [4.78, 5) is 16.4. The van der Waals surface area contributed by atoms with Gasteiger partial charge in [0, 0.05) is 29.4 Å². The molecule has 1 aromatic heterocycles. The van der Waals surface area contributed by atoms with Gasteiger partial charge in [-0.25, -0.2) is 13.9 Å². The topological polar surface area (TPSA) is 99.6 Å². The number of hydroxylamine groups is 1. The Labute approximate surface area is 162 Å². The molecule has 1 aliphatic heterocycles. The lowest BCUT2D eigenvalue weighted by atomic mass is 10.0. The van der Waals surface area contributed by atoms with Crippen molar-refractivity contribution in [3.05, 3.63) is 48.8 Å². The third kappa shape index (κ3) is 3.86. The molecule has 0 unspecified atom stereocenters. The van der Waals surface area contributed by atoms with Crippen LogP contribution in [0.2, 0.25) is 0 Å². The second-order valence-electron chi connectivity index (χ2n) is 6.71. The summed E-state index contributed by atoms with van der Waals surface area (Å²) >= 11 is 1.50. The summed E-state index contributed by atoms with van der Waals surface area (Å²) in [6, 6.07) is 9.18. The molecule has 9 heteroatoms. The second-order valence-corrected chi connectivity index (χ2v) is 10.4. The van der Waals surface area contributed by atoms with Gasteiger partial charge < -0.3 is 0 Å². The number of sulfonamides is 1. The van der Waals surface area contributed by atoms with Crippen LogP contribution in [0.4, 0.5) is 0 Å². The number of amides is 1. The highest BCUT2D eigenvalue weighted by molar-refractivity contribution is 8.00. The molecule has 1 aromatic carbocycles. The van der Waals surface area contributed by atoms with E-state index in [-0.39, 0.29) is 11.4 Å². The van der Waals surface area contributed by atoms with Gasteiger partial charge in [0.1, 0.15) is 6.04 Å². The van der Waals surface area contributed by atoms with Crippen LogP contribution in [0.15, 0.2) is 53.7 Å². The van der Waals surface area contributed by atoms with Crippen LogP contribution in [0.25, 0.3) is 11.1 Å². The molecule has 1 atom stereocenters. The molecule has 1 saturated heterocycles. The van der Waals surface area contributed by atoms with Crippen molar-refractivity contribution in [2.24, 2.45) is 0 Å². The van der Waals surface area contributed by atoms with Gasteiger partial charge in [-0.05, 0) is 43.2 Å². The minimum Gasteiger partial charge on any atom is -0.289 e. The van der Waals surface area contributed by atoms with E-state index in [4.69, 9.17) is 5.21 Å². The number of nitrogens with zero attached hydrogens (tertiary/aromatic N) is 2. The van der Waals surface area contributed by atoms with Crippen LogP contribution >= 0.6 is 11.8 Å². The van der Waals surface area contributed by atoms with E-state index in [1.54, 1.807) is 43.9 Å². The zero-order chi connectivity index (χ0) is 19.7. The standard InChI is InChI=1S/C18H21N3O4S2/c1-18(2)16(17(22)20-23)21(10-11-26-18)27(24,25)15-7-5-13(6-8-15)14-4-3-9-19-12-14/h3-9,12,16,23H,10-11H2,1-2H3,(H,20,22)/t16-/m0/s1. The summed E-state index contributed by atoms with van der Waals surface area (Å²) < 4.78 is 26.9. The van der Waals surface area contributed by atoms with E-state index < -0.39 is 26.7 Å². The summed E-state index contributed by atoms with van der Waals surface area (Å²) in [5.41, 5.74) is 3.34. The fourth-order valence-corrected chi connectivity index (χ4v) is 6.32. The van der Waals surface area contributed by atoms with Gasteiger partial charge in [0.15, 0.2) is 0 Å². The number of benzene rings is 1. The number of hydrogen-bond donors (Lipinski definition) is 2. The molecule has 1 fully saturated rings. The Bertz CT molecular complexity index is 915. The number of hydrogen-bond acceptors (Lipinski definition) is 6. The van der Waals surface area contributed by atoms with E-state index in [9.17, 15) is 13.2 Å². The van der Waals surface area contributed by atoms with Crippen LogP contribution in [0.1, 0.15) is 13.8 Å². The first-order chi connectivity index (χ1) is 12.8. The van der Waals surface area contributed by atoms with Crippen molar-refractivity contribution in [3.63, 3.8) is 0 Å². The van der Waals surface area contributed by atoms with Crippen molar-refractivity contribution in [2.75, 3.05) is 12.3 Å². The molecule has 0 saturated carbocycles. The van der Waals surface area contributed by atoms with E-state index in [0.717, 1.165) is 11.1 Å². The minimum absolute atomic E-state index is 0.105. The van der Waals surface area contributed by atoms with Gasteiger partial charge in [-0.1, -0.05) is 18.2 Å². The van der Waals surface area contributed by atoms with Crippen LogP contribution in [0.3, 0.4) is 0 Å². The molecule has 0 radical (unpaired) electrons. The molecule has 0 spiro atoms. The molecule has 144 valence electrons. The Morgan fingerprint density at radius 2 is 1.96 bits per heavy atom. The first-order valence-corrected chi connectivity index (χ1v) is 10.8. The summed E-state index contributed by atoms with van der Waals surface area (Å²) in [7, 11) is -3.90. The molecule has 27 heavy (non-hydrogen) atoms. The Kier molecular flexibility index (Phi) is 5.57. The number of pyridine rings is 1. The van der Waals surface area contributed by atoms with Crippen molar-refractivity contribution >= 4 is 27.7 Å². The molecule has 0 bridgehead atoms. The maximum Gasteiger partial charge on any atom is 0.263 e. The first-order valence-electron chi connectivity index (χ1n) is 8.37. The van der Waals surface area contributed by atoms with Crippen molar-refractivity contribution in [2.45, 2.75) is 29.5 Å². The average Bonchev–Trinajstić information content (AvgIpc) is 2.67. The van der Waals surface area contributed by atoms with E-state index in [2.05, 4.69) is 4.98 Å². The Morgan fingerprint density at radius 1 is 1.26 bits per heavy atom. The normalized spacial score (nSPS) is 20.2. The highest BCUT2D eigenvalue weighted by atomic mass is 32.2. The van der Waals surface area contributed by atoms with Crippen molar-refractivity contribution in [1.29, 1.82) is 0 Å². The maximum absolute atomic E-state index is 13.2. The van der Waals surface area contributed by atoms with Gasteiger partial charge in [-0.3, -0.25) is 15.0 Å². The number of carbonyl (C=O) groups excluding carboxylic acids is 1. The van der Waals surface area contributed by atoms with Gasteiger partial charge in [0.2, 0.25) is 10.0 Å². The van der Waals surface area contributed by atoms with Crippen LogP contribution in [0.5, 0.6) is 0 Å². The summed E-state index contributed by atoms with van der Waals surface area (Å²) in [5, 5.41) is 9.10. The van der Waals surface area contributed by atoms with Crippen LogP contribution in [0, 0.1) is 0 Å². The predicted molar refractivity (Wildman–Crippen MR) is 104 cm³/mol.